The molecule has 8 heteroatoms. The lowest BCUT2D eigenvalue weighted by atomic mass is 9.99. The van der Waals surface area contributed by atoms with Gasteiger partial charge in [-0.25, -0.2) is 4.79 Å². The molecule has 2 rings (SSSR count). The Kier molecular flexibility index (Phi) is 3.62. The van der Waals surface area contributed by atoms with Crippen LogP contribution in [0.2, 0.25) is 0 Å². The van der Waals surface area contributed by atoms with Gasteiger partial charge >= 0.3 is 5.69 Å². The van der Waals surface area contributed by atoms with E-state index in [0.29, 0.717) is 0 Å². The van der Waals surface area contributed by atoms with Crippen LogP contribution in [0.5, 0.6) is 0 Å². The number of anilines is 1. The van der Waals surface area contributed by atoms with Crippen molar-refractivity contribution in [1.29, 1.82) is 0 Å². The Morgan fingerprint density at radius 3 is 2.67 bits per heavy atom. The van der Waals surface area contributed by atoms with Gasteiger partial charge in [-0.3, -0.25) is 4.57 Å². The maximum Gasteiger partial charge on any atom is 0.351 e. The zero-order valence-corrected chi connectivity index (χ0v) is 9.51. The second kappa shape index (κ2) is 5.02. The average Bonchev–Trinajstić information content (AvgIpc) is 2.66. The van der Waals surface area contributed by atoms with Crippen molar-refractivity contribution in [2.75, 3.05) is 18.9 Å². The summed E-state index contributed by atoms with van der Waals surface area (Å²) < 4.78 is 6.44. The minimum absolute atomic E-state index is 0.0705. The molecular weight excluding hydrogens is 242 g/mol. The van der Waals surface area contributed by atoms with Crippen molar-refractivity contribution in [2.24, 2.45) is 5.92 Å². The summed E-state index contributed by atoms with van der Waals surface area (Å²) in [6.07, 6.45) is -1.46. The molecule has 100 valence electrons. The van der Waals surface area contributed by atoms with E-state index in [2.05, 4.69) is 4.98 Å². The van der Waals surface area contributed by atoms with Crippen LogP contribution in [0.15, 0.2) is 17.1 Å². The van der Waals surface area contributed by atoms with E-state index in [9.17, 15) is 9.90 Å². The van der Waals surface area contributed by atoms with Gasteiger partial charge in [0.05, 0.1) is 19.3 Å². The third-order valence-corrected chi connectivity index (χ3v) is 3.04. The van der Waals surface area contributed by atoms with Crippen LogP contribution in [0.1, 0.15) is 6.23 Å². The van der Waals surface area contributed by atoms with Crippen molar-refractivity contribution in [2.45, 2.75) is 18.4 Å². The van der Waals surface area contributed by atoms with Crippen molar-refractivity contribution in [3.05, 3.63) is 22.7 Å². The number of aliphatic hydroxyl groups is 3. The molecule has 1 aromatic heterocycles. The smallest absolute Gasteiger partial charge is 0.351 e. The molecule has 2 heterocycles. The summed E-state index contributed by atoms with van der Waals surface area (Å²) in [5, 5.41) is 28.2. The van der Waals surface area contributed by atoms with E-state index < -0.39 is 30.0 Å². The van der Waals surface area contributed by atoms with Crippen LogP contribution in [-0.2, 0) is 4.74 Å². The largest absolute Gasteiger partial charge is 0.396 e. The van der Waals surface area contributed by atoms with E-state index in [-0.39, 0.29) is 19.0 Å². The highest BCUT2D eigenvalue weighted by molar-refractivity contribution is 5.23. The number of rotatable bonds is 3. The Morgan fingerprint density at radius 2 is 2.17 bits per heavy atom. The van der Waals surface area contributed by atoms with Crippen molar-refractivity contribution in [1.82, 2.24) is 9.55 Å². The first-order chi connectivity index (χ1) is 8.58. The molecule has 8 nitrogen and oxygen atoms in total. The van der Waals surface area contributed by atoms with Gasteiger partial charge in [0.2, 0.25) is 0 Å². The zero-order valence-electron chi connectivity index (χ0n) is 9.51. The highest BCUT2D eigenvalue weighted by Gasteiger charge is 2.44. The topological polar surface area (TPSA) is 131 Å². The maximum absolute atomic E-state index is 11.6. The second-order valence-electron chi connectivity index (χ2n) is 4.13. The molecular formula is C10H15N3O5. The first-order valence-electron chi connectivity index (χ1n) is 5.48. The van der Waals surface area contributed by atoms with Crippen LogP contribution < -0.4 is 11.4 Å². The van der Waals surface area contributed by atoms with Gasteiger partial charge in [-0.05, 0) is 6.07 Å². The normalized spacial score (nSPS) is 31.7. The minimum atomic E-state index is -1.10. The predicted octanol–water partition coefficient (Wildman–Crippen LogP) is -2.32. The number of aliphatic hydroxyl groups excluding tert-OH is 3. The molecule has 18 heavy (non-hydrogen) atoms. The lowest BCUT2D eigenvalue weighted by Crippen LogP contribution is -2.34. The number of hydrogen-bond donors (Lipinski definition) is 4. The van der Waals surface area contributed by atoms with E-state index in [1.165, 1.54) is 12.3 Å². The summed E-state index contributed by atoms with van der Waals surface area (Å²) in [5.74, 6) is -0.578. The lowest BCUT2D eigenvalue weighted by Gasteiger charge is -2.17. The molecule has 1 aromatic rings. The fourth-order valence-corrected chi connectivity index (χ4v) is 2.05. The minimum Gasteiger partial charge on any atom is -0.396 e. The van der Waals surface area contributed by atoms with Crippen LogP contribution in [-0.4, -0.2) is 50.3 Å². The van der Waals surface area contributed by atoms with Crippen LogP contribution in [0, 0.1) is 5.92 Å². The summed E-state index contributed by atoms with van der Waals surface area (Å²) in [7, 11) is 0. The monoisotopic (exact) mass is 257 g/mol. The highest BCUT2D eigenvalue weighted by atomic mass is 16.5. The molecule has 0 aromatic carbocycles. The molecule has 0 radical (unpaired) electrons. The molecule has 1 fully saturated rings. The number of aromatic nitrogens is 2. The molecule has 1 aliphatic rings. The first kappa shape index (κ1) is 13.0. The summed E-state index contributed by atoms with van der Waals surface area (Å²) in [5.41, 5.74) is 4.70. The van der Waals surface area contributed by atoms with Gasteiger partial charge in [0, 0.05) is 12.1 Å². The molecule has 1 saturated heterocycles. The molecule has 0 saturated carbocycles. The van der Waals surface area contributed by atoms with Gasteiger partial charge in [0.25, 0.3) is 0 Å². The number of nitrogens with two attached hydrogens (primary N) is 1. The maximum atomic E-state index is 11.6. The molecule has 0 aliphatic carbocycles. The fraction of sp³-hybridized carbons (Fsp3) is 0.600. The van der Waals surface area contributed by atoms with E-state index in [0.717, 1.165) is 4.57 Å². The van der Waals surface area contributed by atoms with Gasteiger partial charge in [-0.15, -0.1) is 0 Å². The standard InChI is InChI=1S/C10H15N3O5/c11-7-1-2-13(10(17)12-7)9-8(16)5(3-14)6(4-15)18-9/h1-2,5-6,8-9,14-16H,3-4H2,(H2,11,12,17)/t5-,6-,8-,9?/m1/s1. The van der Waals surface area contributed by atoms with Gasteiger partial charge in [0.15, 0.2) is 6.23 Å². The average molecular weight is 257 g/mol. The third kappa shape index (κ3) is 2.10. The molecule has 0 spiro atoms. The summed E-state index contributed by atoms with van der Waals surface area (Å²) in [6, 6.07) is 1.40. The molecule has 0 amide bonds. The predicted molar refractivity (Wildman–Crippen MR) is 60.5 cm³/mol. The fourth-order valence-electron chi connectivity index (χ4n) is 2.05. The summed E-state index contributed by atoms with van der Waals surface area (Å²) in [6.45, 7) is -0.698. The highest BCUT2D eigenvalue weighted by Crippen LogP contribution is 2.32. The number of nitrogen functional groups attached to an aromatic ring is 1. The van der Waals surface area contributed by atoms with Gasteiger partial charge < -0.3 is 25.8 Å². The third-order valence-electron chi connectivity index (χ3n) is 3.04. The molecule has 4 atom stereocenters. The van der Waals surface area contributed by atoms with E-state index >= 15 is 0 Å². The van der Waals surface area contributed by atoms with E-state index in [1.54, 1.807) is 0 Å². The Balaban J connectivity index is 2.32. The van der Waals surface area contributed by atoms with Crippen LogP contribution >= 0.6 is 0 Å². The Morgan fingerprint density at radius 1 is 1.44 bits per heavy atom. The number of nitrogens with zero attached hydrogens (tertiary/aromatic N) is 2. The number of ether oxygens (including phenoxy) is 1. The van der Waals surface area contributed by atoms with Gasteiger partial charge in [0.1, 0.15) is 11.9 Å². The van der Waals surface area contributed by atoms with E-state index in [4.69, 9.17) is 20.7 Å². The number of hydrogen-bond acceptors (Lipinski definition) is 7. The second-order valence-corrected chi connectivity index (χ2v) is 4.13. The Bertz CT molecular complexity index is 477. The van der Waals surface area contributed by atoms with Crippen molar-refractivity contribution in [3.63, 3.8) is 0 Å². The summed E-state index contributed by atoms with van der Waals surface area (Å²) in [4.78, 5) is 15.1. The van der Waals surface area contributed by atoms with Crippen molar-refractivity contribution >= 4 is 5.82 Å². The first-order valence-corrected chi connectivity index (χ1v) is 5.48. The van der Waals surface area contributed by atoms with Crippen molar-refractivity contribution < 1.29 is 20.1 Å². The quantitative estimate of drug-likeness (QED) is 0.478. The van der Waals surface area contributed by atoms with Crippen LogP contribution in [0.25, 0.3) is 0 Å². The molecule has 5 N–H and O–H groups in total. The summed E-state index contributed by atoms with van der Waals surface area (Å²) >= 11 is 0. The van der Waals surface area contributed by atoms with Gasteiger partial charge in [-0.2, -0.15) is 4.98 Å². The Labute approximate surface area is 102 Å². The zero-order chi connectivity index (χ0) is 13.3. The van der Waals surface area contributed by atoms with Crippen LogP contribution in [0.4, 0.5) is 5.82 Å². The molecule has 0 bridgehead atoms. The van der Waals surface area contributed by atoms with Gasteiger partial charge in [-0.1, -0.05) is 0 Å². The Hall–Kier alpha value is -1.48. The van der Waals surface area contributed by atoms with Crippen LogP contribution in [0.3, 0.4) is 0 Å². The van der Waals surface area contributed by atoms with Crippen molar-refractivity contribution in [3.8, 4) is 0 Å². The SMILES string of the molecule is Nc1ccn(C2O[C@H](CO)[C@@H](CO)[C@H]2O)c(=O)n1. The lowest BCUT2D eigenvalue weighted by molar-refractivity contribution is -0.0537. The molecule has 1 aliphatic heterocycles. The van der Waals surface area contributed by atoms with E-state index in [1.807, 2.05) is 0 Å². The molecule has 1 unspecified atom stereocenters.